The van der Waals surface area contributed by atoms with Gasteiger partial charge in [-0.25, -0.2) is 4.39 Å². The van der Waals surface area contributed by atoms with Crippen LogP contribution in [0.2, 0.25) is 0 Å². The first-order chi connectivity index (χ1) is 18.3. The van der Waals surface area contributed by atoms with Gasteiger partial charge in [0.1, 0.15) is 13.2 Å². The van der Waals surface area contributed by atoms with Gasteiger partial charge in [-0.3, -0.25) is 14.3 Å². The Morgan fingerprint density at radius 1 is 1.05 bits per heavy atom. The number of benzene rings is 2. The van der Waals surface area contributed by atoms with Crippen LogP contribution in [0.4, 0.5) is 4.39 Å². The number of Topliss-reactive ketones (excluding diaryl/α,β-unsaturated/α-hetero) is 1. The SMILES string of the molecule is CC(C)n1cc(-c2ccc(C(=O)C(N)=O)cc2)cn1.Fc1cc(CCCN2CCCC2)cc2c1OCCO2. The van der Waals surface area contributed by atoms with Crippen molar-refractivity contribution in [2.45, 2.75) is 45.6 Å². The van der Waals surface area contributed by atoms with E-state index in [2.05, 4.69) is 10.00 Å². The van der Waals surface area contributed by atoms with E-state index in [1.807, 2.05) is 30.8 Å². The fraction of sp³-hybridized carbons (Fsp3) is 0.414. The summed E-state index contributed by atoms with van der Waals surface area (Å²) in [7, 11) is 0. The van der Waals surface area contributed by atoms with Crippen molar-refractivity contribution in [3.8, 4) is 22.6 Å². The molecular weight excluding hydrogens is 487 g/mol. The first kappa shape index (κ1) is 27.3. The minimum Gasteiger partial charge on any atom is -0.486 e. The lowest BCUT2D eigenvalue weighted by Crippen LogP contribution is -2.22. The number of amides is 1. The van der Waals surface area contributed by atoms with Crippen molar-refractivity contribution in [2.24, 2.45) is 5.73 Å². The molecule has 0 saturated carbocycles. The van der Waals surface area contributed by atoms with Crippen LogP contribution >= 0.6 is 0 Å². The lowest BCUT2D eigenvalue weighted by Gasteiger charge is -2.20. The molecule has 5 rings (SSSR count). The molecule has 2 aliphatic heterocycles. The summed E-state index contributed by atoms with van der Waals surface area (Å²) in [6, 6.07) is 10.5. The minimum absolute atomic E-state index is 0.273. The van der Waals surface area contributed by atoms with Crippen molar-refractivity contribution in [2.75, 3.05) is 32.8 Å². The van der Waals surface area contributed by atoms with E-state index >= 15 is 0 Å². The second kappa shape index (κ2) is 12.7. The number of likely N-dealkylation sites (tertiary alicyclic amines) is 1. The zero-order valence-corrected chi connectivity index (χ0v) is 22.0. The fourth-order valence-corrected chi connectivity index (χ4v) is 4.55. The number of nitrogens with zero attached hydrogens (tertiary/aromatic N) is 3. The summed E-state index contributed by atoms with van der Waals surface area (Å²) in [5.74, 6) is -1.09. The molecule has 8 nitrogen and oxygen atoms in total. The Kier molecular flexibility index (Phi) is 9.12. The highest BCUT2D eigenvalue weighted by Gasteiger charge is 2.18. The van der Waals surface area contributed by atoms with Crippen LogP contribution in [0.3, 0.4) is 0 Å². The molecule has 3 aromatic rings. The average Bonchev–Trinajstić information content (AvgIpc) is 3.62. The van der Waals surface area contributed by atoms with Crippen LogP contribution in [-0.2, 0) is 11.2 Å². The third kappa shape index (κ3) is 6.98. The summed E-state index contributed by atoms with van der Waals surface area (Å²) >= 11 is 0. The van der Waals surface area contributed by atoms with Gasteiger partial charge in [-0.2, -0.15) is 5.10 Å². The molecule has 1 saturated heterocycles. The van der Waals surface area contributed by atoms with Gasteiger partial charge in [0.2, 0.25) is 5.78 Å². The Morgan fingerprint density at radius 3 is 2.42 bits per heavy atom. The van der Waals surface area contributed by atoms with Crippen LogP contribution in [0.15, 0.2) is 48.8 Å². The van der Waals surface area contributed by atoms with E-state index in [1.165, 1.54) is 25.9 Å². The van der Waals surface area contributed by atoms with Crippen molar-refractivity contribution >= 4 is 11.7 Å². The zero-order valence-electron chi connectivity index (χ0n) is 22.0. The Morgan fingerprint density at radius 2 is 1.76 bits per heavy atom. The van der Waals surface area contributed by atoms with Crippen LogP contribution in [0.1, 0.15) is 55.1 Å². The maximum Gasteiger partial charge on any atom is 0.289 e. The highest BCUT2D eigenvalue weighted by Crippen LogP contribution is 2.34. The molecule has 0 aliphatic carbocycles. The molecule has 3 heterocycles. The predicted molar refractivity (Wildman–Crippen MR) is 143 cm³/mol. The minimum atomic E-state index is -0.944. The molecule has 0 radical (unpaired) electrons. The zero-order chi connectivity index (χ0) is 27.1. The van der Waals surface area contributed by atoms with Crippen molar-refractivity contribution in [1.29, 1.82) is 0 Å². The first-order valence-corrected chi connectivity index (χ1v) is 13.1. The van der Waals surface area contributed by atoms with Gasteiger partial charge in [0.25, 0.3) is 5.91 Å². The van der Waals surface area contributed by atoms with Gasteiger partial charge < -0.3 is 20.1 Å². The molecule has 0 unspecified atom stereocenters. The highest BCUT2D eigenvalue weighted by molar-refractivity contribution is 6.42. The number of ketones is 1. The number of halogens is 1. The molecule has 2 N–H and O–H groups in total. The maximum atomic E-state index is 13.8. The Labute approximate surface area is 222 Å². The van der Waals surface area contributed by atoms with E-state index in [9.17, 15) is 14.0 Å². The number of hydrogen-bond donors (Lipinski definition) is 1. The number of aromatic nitrogens is 2. The van der Waals surface area contributed by atoms with Crippen LogP contribution < -0.4 is 15.2 Å². The average molecular weight is 523 g/mol. The molecule has 9 heteroatoms. The number of primary amides is 1. The molecule has 2 aromatic carbocycles. The van der Waals surface area contributed by atoms with Gasteiger partial charge in [-0.05, 0) is 82.4 Å². The standard InChI is InChI=1S/C15H20FNO2.C14H15N3O2/c16-13-10-12(4-3-7-17-5-1-2-6-17)11-14-15(13)19-9-8-18-14;1-9(2)17-8-12(7-16-17)10-3-5-11(6-4-10)13(18)14(15)19/h10-11H,1-9H2;3-9H,1-2H3,(H2,15,19). The van der Waals surface area contributed by atoms with Crippen LogP contribution in [0, 0.1) is 5.82 Å². The van der Waals surface area contributed by atoms with Crippen LogP contribution in [0.25, 0.3) is 11.1 Å². The van der Waals surface area contributed by atoms with E-state index in [4.69, 9.17) is 15.2 Å². The largest absolute Gasteiger partial charge is 0.486 e. The molecular formula is C29H35FN4O4. The Bertz CT molecular complexity index is 1250. The normalized spacial score (nSPS) is 14.7. The summed E-state index contributed by atoms with van der Waals surface area (Å²) < 4.78 is 26.4. The number of rotatable bonds is 8. The van der Waals surface area contributed by atoms with Crippen molar-refractivity contribution in [1.82, 2.24) is 14.7 Å². The number of ether oxygens (including phenoxy) is 2. The fourth-order valence-electron chi connectivity index (χ4n) is 4.55. The number of carbonyl (C=O) groups excluding carboxylic acids is 2. The molecule has 2 aliphatic rings. The molecule has 1 amide bonds. The smallest absolute Gasteiger partial charge is 0.289 e. The van der Waals surface area contributed by atoms with E-state index < -0.39 is 11.7 Å². The van der Waals surface area contributed by atoms with Crippen molar-refractivity contribution in [3.63, 3.8) is 0 Å². The van der Waals surface area contributed by atoms with Gasteiger partial charge in [-0.1, -0.05) is 24.3 Å². The first-order valence-electron chi connectivity index (χ1n) is 13.1. The topological polar surface area (TPSA) is 99.7 Å². The number of carbonyl (C=O) groups is 2. The van der Waals surface area contributed by atoms with Crippen LogP contribution in [-0.4, -0.2) is 59.2 Å². The second-order valence-corrected chi connectivity index (χ2v) is 9.83. The maximum absolute atomic E-state index is 13.8. The molecule has 202 valence electrons. The highest BCUT2D eigenvalue weighted by atomic mass is 19.1. The van der Waals surface area contributed by atoms with Crippen molar-refractivity contribution < 1.29 is 23.5 Å². The van der Waals surface area contributed by atoms with Gasteiger partial charge in [0, 0.05) is 23.4 Å². The molecule has 0 spiro atoms. The van der Waals surface area contributed by atoms with Crippen LogP contribution in [0.5, 0.6) is 11.5 Å². The number of aryl methyl sites for hydroxylation is 1. The predicted octanol–water partition coefficient (Wildman–Crippen LogP) is 4.42. The lowest BCUT2D eigenvalue weighted by atomic mass is 10.0. The molecule has 38 heavy (non-hydrogen) atoms. The number of nitrogens with two attached hydrogens (primary N) is 1. The summed E-state index contributed by atoms with van der Waals surface area (Å²) in [5, 5.41) is 4.25. The number of hydrogen-bond acceptors (Lipinski definition) is 6. The van der Waals surface area contributed by atoms with E-state index in [0.29, 0.717) is 30.6 Å². The monoisotopic (exact) mass is 522 g/mol. The van der Waals surface area contributed by atoms with E-state index in [-0.39, 0.29) is 11.6 Å². The molecule has 0 bridgehead atoms. The van der Waals surface area contributed by atoms with Gasteiger partial charge in [0.05, 0.1) is 6.20 Å². The Balaban J connectivity index is 0.000000177. The summed E-state index contributed by atoms with van der Waals surface area (Å²) in [6.07, 6.45) is 8.31. The Hall–Kier alpha value is -3.72. The van der Waals surface area contributed by atoms with Gasteiger partial charge in [-0.15, -0.1) is 0 Å². The van der Waals surface area contributed by atoms with Gasteiger partial charge in [0.15, 0.2) is 17.3 Å². The van der Waals surface area contributed by atoms with Crippen molar-refractivity contribution in [3.05, 3.63) is 65.7 Å². The molecule has 1 fully saturated rings. The molecule has 1 aromatic heterocycles. The summed E-state index contributed by atoms with van der Waals surface area (Å²) in [6.45, 7) is 8.57. The van der Waals surface area contributed by atoms with Gasteiger partial charge >= 0.3 is 0 Å². The molecule has 0 atom stereocenters. The number of fused-ring (bicyclic) bond motifs is 1. The lowest BCUT2D eigenvalue weighted by molar-refractivity contribution is -0.114. The third-order valence-corrected chi connectivity index (χ3v) is 6.63. The van der Waals surface area contributed by atoms with E-state index in [0.717, 1.165) is 36.1 Å². The third-order valence-electron chi connectivity index (χ3n) is 6.63. The second-order valence-electron chi connectivity index (χ2n) is 9.83. The summed E-state index contributed by atoms with van der Waals surface area (Å²) in [5.41, 5.74) is 8.15. The quantitative estimate of drug-likeness (QED) is 0.347. The van der Waals surface area contributed by atoms with E-state index in [1.54, 1.807) is 36.5 Å². The summed E-state index contributed by atoms with van der Waals surface area (Å²) in [4.78, 5) is 24.7.